The van der Waals surface area contributed by atoms with Crippen LogP contribution in [0.2, 0.25) is 0 Å². The van der Waals surface area contributed by atoms with Crippen molar-refractivity contribution < 1.29 is 19.1 Å². The van der Waals surface area contributed by atoms with Crippen molar-refractivity contribution in [1.29, 1.82) is 0 Å². The molecule has 1 saturated heterocycles. The van der Waals surface area contributed by atoms with Crippen LogP contribution < -0.4 is 0 Å². The molecule has 1 heterocycles. The lowest BCUT2D eigenvalue weighted by molar-refractivity contribution is -0.129. The van der Waals surface area contributed by atoms with Gasteiger partial charge in [-0.3, -0.25) is 4.79 Å². The first-order chi connectivity index (χ1) is 9.49. The molecule has 0 aromatic heterocycles. The number of carboxylic acids is 1. The van der Waals surface area contributed by atoms with E-state index in [4.69, 9.17) is 5.11 Å². The number of hydrogen-bond acceptors (Lipinski definition) is 3. The molecule has 20 heavy (non-hydrogen) atoms. The maximum Gasteiger partial charge on any atom is 0.335 e. The molecule has 1 fully saturated rings. The van der Waals surface area contributed by atoms with Gasteiger partial charge >= 0.3 is 5.97 Å². The third kappa shape index (κ3) is 3.30. The van der Waals surface area contributed by atoms with Crippen molar-refractivity contribution in [1.82, 2.24) is 4.90 Å². The minimum atomic E-state index is -1.11. The summed E-state index contributed by atoms with van der Waals surface area (Å²) in [5.74, 6) is -1.63. The molecule has 1 amide bonds. The largest absolute Gasteiger partial charge is 0.478 e. The standard InChI is InChI=1S/C14H16FNO3S/c1-9(13(17)16-6-2-3-7-16)20-12-8-10(14(18)19)4-5-11(12)15/h4-5,8-9H,2-3,6-7H2,1H3,(H,18,19). The fourth-order valence-electron chi connectivity index (χ4n) is 2.16. The van der Waals surface area contributed by atoms with Gasteiger partial charge in [0.2, 0.25) is 5.91 Å². The number of rotatable bonds is 4. The number of thioether (sulfide) groups is 1. The van der Waals surface area contributed by atoms with Crippen LogP contribution >= 0.6 is 11.8 Å². The van der Waals surface area contributed by atoms with Crippen molar-refractivity contribution in [2.75, 3.05) is 13.1 Å². The van der Waals surface area contributed by atoms with Crippen LogP contribution in [0, 0.1) is 5.82 Å². The zero-order valence-corrected chi connectivity index (χ0v) is 12.0. The van der Waals surface area contributed by atoms with Crippen LogP contribution in [0.4, 0.5) is 4.39 Å². The molecule has 1 atom stereocenters. The van der Waals surface area contributed by atoms with Crippen LogP contribution in [0.3, 0.4) is 0 Å². The second-order valence-corrected chi connectivity index (χ2v) is 6.13. The van der Waals surface area contributed by atoms with Gasteiger partial charge in [-0.15, -0.1) is 11.8 Å². The Morgan fingerprint density at radius 3 is 2.60 bits per heavy atom. The van der Waals surface area contributed by atoms with Gasteiger partial charge in [-0.1, -0.05) is 0 Å². The molecule has 0 spiro atoms. The number of nitrogens with zero attached hydrogens (tertiary/aromatic N) is 1. The molecule has 2 rings (SSSR count). The Hall–Kier alpha value is -1.56. The summed E-state index contributed by atoms with van der Waals surface area (Å²) in [7, 11) is 0. The van der Waals surface area contributed by atoms with Gasteiger partial charge in [0, 0.05) is 18.0 Å². The number of carbonyl (C=O) groups is 2. The molecule has 1 unspecified atom stereocenters. The van der Waals surface area contributed by atoms with Crippen LogP contribution in [-0.4, -0.2) is 40.2 Å². The summed E-state index contributed by atoms with van der Waals surface area (Å²) in [6, 6.07) is 3.61. The minimum Gasteiger partial charge on any atom is -0.478 e. The van der Waals surface area contributed by atoms with E-state index in [0.29, 0.717) is 0 Å². The number of likely N-dealkylation sites (tertiary alicyclic amines) is 1. The molecule has 1 aromatic carbocycles. The maximum atomic E-state index is 13.7. The van der Waals surface area contributed by atoms with E-state index >= 15 is 0 Å². The van der Waals surface area contributed by atoms with E-state index in [-0.39, 0.29) is 16.4 Å². The number of carboxylic acid groups (broad SMARTS) is 1. The second-order valence-electron chi connectivity index (χ2n) is 4.74. The quantitative estimate of drug-likeness (QED) is 0.868. The van der Waals surface area contributed by atoms with Gasteiger partial charge in [0.1, 0.15) is 5.82 Å². The monoisotopic (exact) mass is 297 g/mol. The van der Waals surface area contributed by atoms with Gasteiger partial charge < -0.3 is 10.0 Å². The Bertz CT molecular complexity index is 529. The zero-order chi connectivity index (χ0) is 14.7. The topological polar surface area (TPSA) is 57.6 Å². The smallest absolute Gasteiger partial charge is 0.335 e. The predicted molar refractivity (Wildman–Crippen MR) is 74.5 cm³/mol. The molecular formula is C14H16FNO3S. The Morgan fingerprint density at radius 1 is 1.35 bits per heavy atom. The molecule has 6 heteroatoms. The van der Waals surface area contributed by atoms with Crippen molar-refractivity contribution >= 4 is 23.6 Å². The highest BCUT2D eigenvalue weighted by atomic mass is 32.2. The van der Waals surface area contributed by atoms with Crippen LogP contribution in [-0.2, 0) is 4.79 Å². The predicted octanol–water partition coefficient (Wildman–Crippen LogP) is 2.63. The third-order valence-electron chi connectivity index (χ3n) is 3.25. The molecule has 1 aliphatic rings. The van der Waals surface area contributed by atoms with E-state index in [0.717, 1.165) is 43.8 Å². The molecule has 1 N–H and O–H groups in total. The van der Waals surface area contributed by atoms with Crippen molar-refractivity contribution in [2.24, 2.45) is 0 Å². The van der Waals surface area contributed by atoms with Crippen molar-refractivity contribution in [3.63, 3.8) is 0 Å². The second kappa shape index (κ2) is 6.26. The van der Waals surface area contributed by atoms with E-state index in [1.807, 2.05) is 0 Å². The first-order valence-corrected chi connectivity index (χ1v) is 7.35. The average Bonchev–Trinajstić information content (AvgIpc) is 2.94. The van der Waals surface area contributed by atoms with E-state index in [9.17, 15) is 14.0 Å². The molecule has 108 valence electrons. The Morgan fingerprint density at radius 2 is 2.00 bits per heavy atom. The average molecular weight is 297 g/mol. The molecular weight excluding hydrogens is 281 g/mol. The number of benzene rings is 1. The number of carbonyl (C=O) groups excluding carboxylic acids is 1. The van der Waals surface area contributed by atoms with Crippen molar-refractivity contribution in [3.8, 4) is 0 Å². The van der Waals surface area contributed by atoms with Gasteiger partial charge in [0.05, 0.1) is 10.8 Å². The lowest BCUT2D eigenvalue weighted by Crippen LogP contribution is -2.34. The lowest BCUT2D eigenvalue weighted by Gasteiger charge is -2.20. The fourth-order valence-corrected chi connectivity index (χ4v) is 3.17. The Kier molecular flexibility index (Phi) is 4.65. The number of hydrogen-bond donors (Lipinski definition) is 1. The molecule has 0 saturated carbocycles. The molecule has 0 bridgehead atoms. The van der Waals surface area contributed by atoms with E-state index in [2.05, 4.69) is 0 Å². The van der Waals surface area contributed by atoms with Gasteiger partial charge in [0.25, 0.3) is 0 Å². The molecule has 0 radical (unpaired) electrons. The summed E-state index contributed by atoms with van der Waals surface area (Å²) < 4.78 is 13.7. The maximum absolute atomic E-state index is 13.7. The molecule has 1 aliphatic heterocycles. The van der Waals surface area contributed by atoms with Crippen LogP contribution in [0.15, 0.2) is 23.1 Å². The Labute approximate surface area is 121 Å². The fraction of sp³-hybridized carbons (Fsp3) is 0.429. The highest BCUT2D eigenvalue weighted by molar-refractivity contribution is 8.00. The van der Waals surface area contributed by atoms with Gasteiger partial charge in [-0.05, 0) is 38.0 Å². The SMILES string of the molecule is CC(Sc1cc(C(=O)O)ccc1F)C(=O)N1CCCC1. The molecule has 4 nitrogen and oxygen atoms in total. The van der Waals surface area contributed by atoms with Crippen LogP contribution in [0.25, 0.3) is 0 Å². The van der Waals surface area contributed by atoms with Crippen LogP contribution in [0.5, 0.6) is 0 Å². The summed E-state index contributed by atoms with van der Waals surface area (Å²) in [5, 5.41) is 8.48. The number of halogens is 1. The Balaban J connectivity index is 2.10. The highest BCUT2D eigenvalue weighted by Gasteiger charge is 2.25. The van der Waals surface area contributed by atoms with E-state index < -0.39 is 17.0 Å². The van der Waals surface area contributed by atoms with E-state index in [1.54, 1.807) is 11.8 Å². The molecule has 1 aromatic rings. The third-order valence-corrected chi connectivity index (χ3v) is 4.37. The number of aromatic carboxylic acids is 1. The normalized spacial score (nSPS) is 16.2. The summed E-state index contributed by atoms with van der Waals surface area (Å²) in [6.07, 6.45) is 2.01. The lowest BCUT2D eigenvalue weighted by atomic mass is 10.2. The highest BCUT2D eigenvalue weighted by Crippen LogP contribution is 2.28. The number of amides is 1. The van der Waals surface area contributed by atoms with Gasteiger partial charge in [-0.2, -0.15) is 0 Å². The van der Waals surface area contributed by atoms with Gasteiger partial charge in [0.15, 0.2) is 0 Å². The van der Waals surface area contributed by atoms with Crippen LogP contribution in [0.1, 0.15) is 30.1 Å². The minimum absolute atomic E-state index is 0.0207. The van der Waals surface area contributed by atoms with Gasteiger partial charge in [-0.25, -0.2) is 9.18 Å². The van der Waals surface area contributed by atoms with Crippen molar-refractivity contribution in [2.45, 2.75) is 29.9 Å². The zero-order valence-electron chi connectivity index (χ0n) is 11.1. The summed E-state index contributed by atoms with van der Waals surface area (Å²) in [6.45, 7) is 3.22. The summed E-state index contributed by atoms with van der Waals surface area (Å²) in [4.78, 5) is 25.0. The summed E-state index contributed by atoms with van der Waals surface area (Å²) >= 11 is 1.07. The first kappa shape index (κ1) is 14.8. The van der Waals surface area contributed by atoms with E-state index in [1.165, 1.54) is 12.1 Å². The summed E-state index contributed by atoms with van der Waals surface area (Å²) in [5.41, 5.74) is 0.0229. The molecule has 0 aliphatic carbocycles. The first-order valence-electron chi connectivity index (χ1n) is 6.47. The van der Waals surface area contributed by atoms with Crippen molar-refractivity contribution in [3.05, 3.63) is 29.6 Å².